The molecular weight excluding hydrogens is 352 g/mol. The summed E-state index contributed by atoms with van der Waals surface area (Å²) in [5, 5.41) is 6.87. The van der Waals surface area contributed by atoms with Crippen LogP contribution in [0.15, 0.2) is 46.9 Å². The molecule has 0 spiro atoms. The number of carbonyl (C=O) groups is 1. The maximum atomic E-state index is 12.2. The van der Waals surface area contributed by atoms with E-state index in [1.54, 1.807) is 6.07 Å². The molecule has 0 aliphatic carbocycles. The number of hydrogen-bond acceptors (Lipinski definition) is 2. The second kappa shape index (κ2) is 5.79. The summed E-state index contributed by atoms with van der Waals surface area (Å²) < 4.78 is 1.02. The van der Waals surface area contributed by atoms with Crippen LogP contribution in [0.25, 0.3) is 0 Å². The monoisotopic (exact) mass is 364 g/mol. The van der Waals surface area contributed by atoms with Crippen LogP contribution in [0.2, 0.25) is 5.02 Å². The third kappa shape index (κ3) is 2.98. The fraction of sp³-hybridized carbons (Fsp3) is 0.188. The van der Waals surface area contributed by atoms with Crippen molar-refractivity contribution in [2.24, 2.45) is 0 Å². The van der Waals surface area contributed by atoms with Crippen molar-refractivity contribution in [3.8, 4) is 0 Å². The number of amides is 1. The number of rotatable bonds is 3. The van der Waals surface area contributed by atoms with Gasteiger partial charge in [0.2, 0.25) is 5.91 Å². The highest BCUT2D eigenvalue weighted by atomic mass is 79.9. The largest absolute Gasteiger partial charge is 0.324 e. The van der Waals surface area contributed by atoms with Crippen LogP contribution in [0.3, 0.4) is 0 Å². The van der Waals surface area contributed by atoms with Crippen LogP contribution in [0.1, 0.15) is 30.1 Å². The maximum Gasteiger partial charge on any atom is 0.246 e. The van der Waals surface area contributed by atoms with E-state index in [4.69, 9.17) is 11.6 Å². The predicted octanol–water partition coefficient (Wildman–Crippen LogP) is 4.45. The molecule has 1 amide bonds. The van der Waals surface area contributed by atoms with E-state index in [-0.39, 0.29) is 18.0 Å². The maximum absolute atomic E-state index is 12.2. The van der Waals surface area contributed by atoms with E-state index in [1.807, 2.05) is 43.3 Å². The molecule has 0 aromatic heterocycles. The quantitative estimate of drug-likeness (QED) is 0.844. The predicted molar refractivity (Wildman–Crippen MR) is 88.5 cm³/mol. The van der Waals surface area contributed by atoms with Crippen LogP contribution in [0.5, 0.6) is 0 Å². The second-order valence-corrected chi connectivity index (χ2v) is 6.45. The standard InChI is InChI=1S/C16H14BrClN2O/c1-9(10-3-2-4-11(17)7-10)19-15-13-8-12(18)5-6-14(13)20-16(15)21/h2-9,15,19H,1H3,(H,20,21). The summed E-state index contributed by atoms with van der Waals surface area (Å²) >= 11 is 9.50. The molecule has 0 bridgehead atoms. The van der Waals surface area contributed by atoms with Crippen LogP contribution in [-0.4, -0.2) is 5.91 Å². The third-order valence-electron chi connectivity index (χ3n) is 3.61. The molecule has 0 radical (unpaired) electrons. The Labute approximate surface area is 136 Å². The summed E-state index contributed by atoms with van der Waals surface area (Å²) in [5.74, 6) is -0.0471. The van der Waals surface area contributed by atoms with Crippen molar-refractivity contribution in [3.05, 3.63) is 63.1 Å². The highest BCUT2D eigenvalue weighted by Gasteiger charge is 2.31. The van der Waals surface area contributed by atoms with Gasteiger partial charge in [0.15, 0.2) is 0 Å². The summed E-state index contributed by atoms with van der Waals surface area (Å²) in [6.45, 7) is 2.04. The number of benzene rings is 2. The fourth-order valence-electron chi connectivity index (χ4n) is 2.52. The molecule has 21 heavy (non-hydrogen) atoms. The molecule has 0 saturated heterocycles. The lowest BCUT2D eigenvalue weighted by atomic mass is 10.0. The fourth-order valence-corrected chi connectivity index (χ4v) is 3.12. The lowest BCUT2D eigenvalue weighted by Gasteiger charge is -2.19. The molecule has 2 atom stereocenters. The van der Waals surface area contributed by atoms with E-state index in [2.05, 4.69) is 26.6 Å². The summed E-state index contributed by atoms with van der Waals surface area (Å²) in [6, 6.07) is 13.2. The average Bonchev–Trinajstić information content (AvgIpc) is 2.75. The topological polar surface area (TPSA) is 41.1 Å². The first-order valence-corrected chi connectivity index (χ1v) is 7.83. The van der Waals surface area contributed by atoms with E-state index in [1.165, 1.54) is 0 Å². The zero-order chi connectivity index (χ0) is 15.0. The molecule has 1 heterocycles. The van der Waals surface area contributed by atoms with E-state index in [9.17, 15) is 4.79 Å². The van der Waals surface area contributed by atoms with Gasteiger partial charge in [-0.1, -0.05) is 39.7 Å². The van der Waals surface area contributed by atoms with Gasteiger partial charge in [0.1, 0.15) is 6.04 Å². The van der Waals surface area contributed by atoms with Crippen molar-refractivity contribution in [1.82, 2.24) is 5.32 Å². The van der Waals surface area contributed by atoms with Crippen molar-refractivity contribution in [2.75, 3.05) is 5.32 Å². The lowest BCUT2D eigenvalue weighted by molar-refractivity contribution is -0.117. The van der Waals surface area contributed by atoms with Gasteiger partial charge in [0.25, 0.3) is 0 Å². The molecule has 2 unspecified atom stereocenters. The van der Waals surface area contributed by atoms with Crippen molar-refractivity contribution in [3.63, 3.8) is 0 Å². The molecule has 2 aromatic rings. The highest BCUT2D eigenvalue weighted by Crippen LogP contribution is 2.34. The van der Waals surface area contributed by atoms with Gasteiger partial charge in [0.05, 0.1) is 0 Å². The van der Waals surface area contributed by atoms with Gasteiger partial charge < -0.3 is 5.32 Å². The molecule has 2 aromatic carbocycles. The van der Waals surface area contributed by atoms with Gasteiger partial charge in [0, 0.05) is 26.8 Å². The number of nitrogens with one attached hydrogen (secondary N) is 2. The van der Waals surface area contributed by atoms with Crippen molar-refractivity contribution in [1.29, 1.82) is 0 Å². The van der Waals surface area contributed by atoms with Gasteiger partial charge in [-0.3, -0.25) is 10.1 Å². The SMILES string of the molecule is CC(NC1C(=O)Nc2ccc(Cl)cc21)c1cccc(Br)c1. The molecule has 2 N–H and O–H groups in total. The Hall–Kier alpha value is -1.36. The number of hydrogen-bond donors (Lipinski definition) is 2. The molecule has 5 heteroatoms. The van der Waals surface area contributed by atoms with Crippen molar-refractivity contribution < 1.29 is 4.79 Å². The van der Waals surface area contributed by atoms with Crippen LogP contribution in [-0.2, 0) is 4.79 Å². The number of fused-ring (bicyclic) bond motifs is 1. The van der Waals surface area contributed by atoms with Crippen LogP contribution >= 0.6 is 27.5 Å². The zero-order valence-corrected chi connectivity index (χ0v) is 13.7. The van der Waals surface area contributed by atoms with Gasteiger partial charge in [-0.15, -0.1) is 0 Å². The minimum absolute atomic E-state index is 0.0446. The molecule has 0 fully saturated rings. The summed E-state index contributed by atoms with van der Waals surface area (Å²) in [5.41, 5.74) is 2.84. The van der Waals surface area contributed by atoms with Crippen LogP contribution < -0.4 is 10.6 Å². The first-order valence-electron chi connectivity index (χ1n) is 6.66. The molecule has 1 aliphatic heterocycles. The lowest BCUT2D eigenvalue weighted by Crippen LogP contribution is -2.29. The van der Waals surface area contributed by atoms with Gasteiger partial charge >= 0.3 is 0 Å². The highest BCUT2D eigenvalue weighted by molar-refractivity contribution is 9.10. The van der Waals surface area contributed by atoms with Gasteiger partial charge in [-0.05, 0) is 42.8 Å². The Bertz CT molecular complexity index is 704. The van der Waals surface area contributed by atoms with Crippen molar-refractivity contribution >= 4 is 39.1 Å². The summed E-state index contributed by atoms with van der Waals surface area (Å²) in [7, 11) is 0. The van der Waals surface area contributed by atoms with E-state index in [0.717, 1.165) is 21.3 Å². The van der Waals surface area contributed by atoms with Crippen LogP contribution in [0, 0.1) is 0 Å². The van der Waals surface area contributed by atoms with E-state index < -0.39 is 0 Å². The average molecular weight is 366 g/mol. The smallest absolute Gasteiger partial charge is 0.246 e. The summed E-state index contributed by atoms with van der Waals surface area (Å²) in [6.07, 6.45) is 0. The van der Waals surface area contributed by atoms with Crippen molar-refractivity contribution in [2.45, 2.75) is 19.0 Å². The molecule has 0 saturated carbocycles. The van der Waals surface area contributed by atoms with Crippen LogP contribution in [0.4, 0.5) is 5.69 Å². The number of anilines is 1. The van der Waals surface area contributed by atoms with E-state index in [0.29, 0.717) is 5.02 Å². The summed E-state index contributed by atoms with van der Waals surface area (Å²) in [4.78, 5) is 12.2. The Balaban J connectivity index is 1.85. The molecule has 3 rings (SSSR count). The second-order valence-electron chi connectivity index (χ2n) is 5.10. The Morgan fingerprint density at radius 3 is 2.86 bits per heavy atom. The molecular formula is C16H14BrClN2O. The minimum atomic E-state index is -0.382. The third-order valence-corrected chi connectivity index (χ3v) is 4.34. The zero-order valence-electron chi connectivity index (χ0n) is 11.4. The molecule has 108 valence electrons. The molecule has 3 nitrogen and oxygen atoms in total. The Kier molecular flexibility index (Phi) is 4.02. The molecule has 1 aliphatic rings. The minimum Gasteiger partial charge on any atom is -0.324 e. The Morgan fingerprint density at radius 1 is 1.29 bits per heavy atom. The Morgan fingerprint density at radius 2 is 2.10 bits per heavy atom. The normalized spacial score (nSPS) is 18.2. The van der Waals surface area contributed by atoms with Gasteiger partial charge in [-0.2, -0.15) is 0 Å². The first-order chi connectivity index (χ1) is 10.0. The van der Waals surface area contributed by atoms with Gasteiger partial charge in [-0.25, -0.2) is 0 Å². The number of halogens is 2. The first kappa shape index (κ1) is 14.6. The number of carbonyl (C=O) groups excluding carboxylic acids is 1. The van der Waals surface area contributed by atoms with E-state index >= 15 is 0 Å².